The van der Waals surface area contributed by atoms with Gasteiger partial charge in [0.05, 0.1) is 22.1 Å². The van der Waals surface area contributed by atoms with Gasteiger partial charge in [-0.1, -0.05) is 62.4 Å². The molecule has 4 heterocycles. The topological polar surface area (TPSA) is 44.9 Å². The Balaban J connectivity index is 1.26. The number of para-hydroxylation sites is 3. The maximum Gasteiger partial charge on any atom is 0.141 e. The van der Waals surface area contributed by atoms with Crippen LogP contribution in [0.3, 0.4) is 0 Å². The molecule has 0 amide bonds. The molecule has 0 spiro atoms. The lowest BCUT2D eigenvalue weighted by Crippen LogP contribution is -2.26. The highest BCUT2D eigenvalue weighted by molar-refractivity contribution is 6.11. The van der Waals surface area contributed by atoms with Gasteiger partial charge in [0.1, 0.15) is 23.1 Å². The molecule has 5 heteroatoms. The molecule has 8 rings (SSSR count). The quantitative estimate of drug-likeness (QED) is 0.243. The summed E-state index contributed by atoms with van der Waals surface area (Å²) in [7, 11) is 2.05. The summed E-state index contributed by atoms with van der Waals surface area (Å²) in [4.78, 5) is 9.72. The predicted octanol–water partition coefficient (Wildman–Crippen LogP) is 8.16. The Morgan fingerprint density at radius 3 is 2.44 bits per heavy atom. The smallest absolute Gasteiger partial charge is 0.141 e. The Bertz CT molecular complexity index is 2100. The second kappa shape index (κ2) is 7.81. The summed E-state index contributed by atoms with van der Waals surface area (Å²) in [5.74, 6) is 3.46. The third-order valence-electron chi connectivity index (χ3n) is 8.22. The lowest BCUT2D eigenvalue weighted by molar-refractivity contribution is 0.483. The highest BCUT2D eigenvalue weighted by atomic mass is 16.5. The zero-order valence-corrected chi connectivity index (χ0v) is 22.0. The van der Waals surface area contributed by atoms with Crippen LogP contribution in [0.15, 0.2) is 103 Å². The first kappa shape index (κ1) is 22.1. The summed E-state index contributed by atoms with van der Waals surface area (Å²) in [5.41, 5.74) is 7.83. The summed E-state index contributed by atoms with van der Waals surface area (Å²) in [6.07, 6.45) is 1.88. The van der Waals surface area contributed by atoms with Crippen molar-refractivity contribution in [3.63, 3.8) is 0 Å². The second-order valence-electron chi connectivity index (χ2n) is 10.8. The van der Waals surface area contributed by atoms with Gasteiger partial charge in [-0.15, -0.1) is 0 Å². The predicted molar refractivity (Wildman–Crippen MR) is 157 cm³/mol. The van der Waals surface area contributed by atoms with E-state index in [1.54, 1.807) is 0 Å². The van der Waals surface area contributed by atoms with Gasteiger partial charge in [0, 0.05) is 46.6 Å². The summed E-state index contributed by atoms with van der Waals surface area (Å²) in [5, 5.41) is 2.43. The van der Waals surface area contributed by atoms with Crippen molar-refractivity contribution in [2.45, 2.75) is 19.3 Å². The van der Waals surface area contributed by atoms with Gasteiger partial charge >= 0.3 is 0 Å². The van der Waals surface area contributed by atoms with Gasteiger partial charge in [0.15, 0.2) is 0 Å². The first-order valence-electron chi connectivity index (χ1n) is 13.2. The zero-order chi connectivity index (χ0) is 26.3. The molecule has 39 heavy (non-hydrogen) atoms. The van der Waals surface area contributed by atoms with Crippen LogP contribution in [0.25, 0.3) is 50.0 Å². The molecule has 0 aliphatic carbocycles. The lowest BCUT2D eigenvalue weighted by atomic mass is 9.76. The van der Waals surface area contributed by atoms with Crippen LogP contribution in [0.4, 0.5) is 0 Å². The molecule has 0 atom stereocenters. The van der Waals surface area contributed by atoms with Gasteiger partial charge in [-0.2, -0.15) is 0 Å². The van der Waals surface area contributed by atoms with Gasteiger partial charge in [0.2, 0.25) is 0 Å². The van der Waals surface area contributed by atoms with Crippen LogP contribution < -0.4 is 4.74 Å². The molecule has 0 saturated heterocycles. The van der Waals surface area contributed by atoms with E-state index in [1.807, 2.05) is 42.6 Å². The molecule has 1 aliphatic rings. The van der Waals surface area contributed by atoms with E-state index in [9.17, 15) is 0 Å². The molecule has 0 N–H and O–H groups in total. The number of ether oxygens (including phenoxy) is 1. The average molecular weight is 507 g/mol. The van der Waals surface area contributed by atoms with Crippen LogP contribution in [0.1, 0.15) is 25.0 Å². The fourth-order valence-corrected chi connectivity index (χ4v) is 6.28. The Labute approximate surface area is 225 Å². The number of fused-ring (bicyclic) bond motifs is 6. The fourth-order valence-electron chi connectivity index (χ4n) is 6.28. The minimum Gasteiger partial charge on any atom is -0.457 e. The van der Waals surface area contributed by atoms with Crippen molar-refractivity contribution in [2.24, 2.45) is 7.05 Å². The highest BCUT2D eigenvalue weighted by Crippen LogP contribution is 2.47. The van der Waals surface area contributed by atoms with Gasteiger partial charge in [0.25, 0.3) is 0 Å². The van der Waals surface area contributed by atoms with Crippen molar-refractivity contribution in [3.05, 3.63) is 114 Å². The number of rotatable bonds is 3. The molecule has 4 aromatic carbocycles. The molecule has 0 saturated carbocycles. The first-order chi connectivity index (χ1) is 19.0. The number of aryl methyl sites for hydroxylation is 1. The molecule has 0 radical (unpaired) electrons. The minimum atomic E-state index is -0.136. The summed E-state index contributed by atoms with van der Waals surface area (Å²) < 4.78 is 10.9. The monoisotopic (exact) mass is 506 g/mol. The van der Waals surface area contributed by atoms with Gasteiger partial charge < -0.3 is 9.30 Å². The molecule has 1 aliphatic heterocycles. The second-order valence-corrected chi connectivity index (χ2v) is 10.8. The van der Waals surface area contributed by atoms with Crippen molar-refractivity contribution in [1.29, 1.82) is 0 Å². The highest BCUT2D eigenvalue weighted by Gasteiger charge is 2.35. The molecular weight excluding hydrogens is 480 g/mol. The molecule has 0 fully saturated rings. The van der Waals surface area contributed by atoms with Crippen molar-refractivity contribution in [2.75, 3.05) is 0 Å². The summed E-state index contributed by atoms with van der Waals surface area (Å²) in [6.45, 7) is 4.57. The Kier molecular flexibility index (Phi) is 4.43. The third-order valence-corrected chi connectivity index (χ3v) is 8.22. The maximum atomic E-state index is 6.46. The van der Waals surface area contributed by atoms with E-state index in [0.29, 0.717) is 0 Å². The number of benzene rings is 4. The Morgan fingerprint density at radius 2 is 1.54 bits per heavy atom. The SMILES string of the molecule is Cn1c(-c2cccc(Oc3ccc4c5cccc6c5n(c4c3)-c3ncccc3C6(C)C)c2)nc2ccccc21. The van der Waals surface area contributed by atoms with Crippen molar-refractivity contribution >= 4 is 32.8 Å². The van der Waals surface area contributed by atoms with E-state index < -0.39 is 0 Å². The maximum absolute atomic E-state index is 6.46. The Hall–Kier alpha value is -4.90. The van der Waals surface area contributed by atoms with E-state index in [2.05, 4.69) is 90.7 Å². The molecule has 0 unspecified atom stereocenters. The number of imidazole rings is 1. The van der Waals surface area contributed by atoms with Gasteiger partial charge in [-0.3, -0.25) is 4.57 Å². The molecule has 188 valence electrons. The van der Waals surface area contributed by atoms with Crippen LogP contribution >= 0.6 is 0 Å². The van der Waals surface area contributed by atoms with Crippen LogP contribution in [0.2, 0.25) is 0 Å². The van der Waals surface area contributed by atoms with Gasteiger partial charge in [-0.25, -0.2) is 9.97 Å². The first-order valence-corrected chi connectivity index (χ1v) is 13.2. The van der Waals surface area contributed by atoms with Crippen LogP contribution in [-0.4, -0.2) is 19.1 Å². The number of nitrogens with zero attached hydrogens (tertiary/aromatic N) is 4. The summed E-state index contributed by atoms with van der Waals surface area (Å²) in [6, 6.07) is 33.6. The molecule has 5 nitrogen and oxygen atoms in total. The minimum absolute atomic E-state index is 0.136. The third kappa shape index (κ3) is 3.07. The number of hydrogen-bond acceptors (Lipinski definition) is 3. The molecule has 3 aromatic heterocycles. The fraction of sp³-hybridized carbons (Fsp3) is 0.118. The van der Waals surface area contributed by atoms with Crippen molar-refractivity contribution < 1.29 is 4.74 Å². The Morgan fingerprint density at radius 1 is 0.718 bits per heavy atom. The normalized spacial score (nSPS) is 13.7. The number of pyridine rings is 1. The summed E-state index contributed by atoms with van der Waals surface area (Å²) >= 11 is 0. The van der Waals surface area contributed by atoms with E-state index in [1.165, 1.54) is 27.4 Å². The zero-order valence-electron chi connectivity index (χ0n) is 22.0. The van der Waals surface area contributed by atoms with Crippen LogP contribution in [0, 0.1) is 0 Å². The van der Waals surface area contributed by atoms with Crippen LogP contribution in [0.5, 0.6) is 11.5 Å². The number of hydrogen-bond donors (Lipinski definition) is 0. The molecule has 7 aromatic rings. The number of aromatic nitrogens is 4. The molecule has 0 bridgehead atoms. The van der Waals surface area contributed by atoms with Crippen molar-refractivity contribution in [1.82, 2.24) is 19.1 Å². The largest absolute Gasteiger partial charge is 0.457 e. The van der Waals surface area contributed by atoms with E-state index >= 15 is 0 Å². The molecular formula is C34H26N4O. The van der Waals surface area contributed by atoms with Crippen LogP contribution in [-0.2, 0) is 12.5 Å². The van der Waals surface area contributed by atoms with Crippen molar-refractivity contribution in [3.8, 4) is 28.7 Å². The standard InChI is InChI=1S/C34H26N4O/c1-34(2)26-12-7-11-25-24-17-16-23(20-30(24)38(31(25)26)33-27(34)13-8-18-35-33)39-22-10-6-9-21(19-22)32-36-28-14-4-5-15-29(28)37(32)3/h4-20H,1-3H3. The lowest BCUT2D eigenvalue weighted by Gasteiger charge is -2.33. The average Bonchev–Trinajstić information content (AvgIpc) is 3.47. The van der Waals surface area contributed by atoms with E-state index in [-0.39, 0.29) is 5.41 Å². The van der Waals surface area contributed by atoms with E-state index in [0.717, 1.165) is 45.3 Å². The van der Waals surface area contributed by atoms with E-state index in [4.69, 9.17) is 14.7 Å². The van der Waals surface area contributed by atoms with Gasteiger partial charge in [-0.05, 0) is 48.0 Å².